The van der Waals surface area contributed by atoms with Crippen molar-refractivity contribution in [3.8, 4) is 28.4 Å². The molecule has 3 aromatic rings. The smallest absolute Gasteiger partial charge is 0.231 e. The van der Waals surface area contributed by atoms with Crippen LogP contribution < -0.4 is 9.47 Å². The van der Waals surface area contributed by atoms with Crippen LogP contribution in [-0.4, -0.2) is 26.9 Å². The molecular formula is C16H13N3O3. The van der Waals surface area contributed by atoms with Crippen molar-refractivity contribution >= 4 is 0 Å². The number of aromatic nitrogens is 3. The Bertz CT molecular complexity index is 815. The third-order valence-electron chi connectivity index (χ3n) is 3.54. The fourth-order valence-corrected chi connectivity index (χ4v) is 2.50. The lowest BCUT2D eigenvalue weighted by molar-refractivity contribution is 0.174. The first-order valence-corrected chi connectivity index (χ1v) is 6.87. The minimum absolute atomic E-state index is 0.172. The fraction of sp³-hybridized carbons (Fsp3) is 0.125. The topological polar surface area (TPSA) is 69.4 Å². The van der Waals surface area contributed by atoms with Gasteiger partial charge in [0.05, 0.1) is 12.3 Å². The molecule has 0 unspecified atom stereocenters. The van der Waals surface area contributed by atoms with Gasteiger partial charge in [-0.3, -0.25) is 0 Å². The lowest BCUT2D eigenvalue weighted by Crippen LogP contribution is -2.00. The molecule has 22 heavy (non-hydrogen) atoms. The second kappa shape index (κ2) is 5.16. The van der Waals surface area contributed by atoms with E-state index in [4.69, 9.17) is 9.47 Å². The minimum atomic E-state index is -0.172. The van der Waals surface area contributed by atoms with E-state index in [0.717, 1.165) is 16.9 Å². The molecule has 0 spiro atoms. The van der Waals surface area contributed by atoms with Gasteiger partial charge in [0.1, 0.15) is 11.4 Å². The molecule has 1 aliphatic rings. The van der Waals surface area contributed by atoms with E-state index in [-0.39, 0.29) is 13.4 Å². The molecule has 0 aliphatic carbocycles. The number of rotatable bonds is 3. The first kappa shape index (κ1) is 12.8. The largest absolute Gasteiger partial charge is 0.454 e. The van der Waals surface area contributed by atoms with Crippen molar-refractivity contribution in [2.75, 3.05) is 6.79 Å². The van der Waals surface area contributed by atoms with Crippen molar-refractivity contribution in [3.63, 3.8) is 0 Å². The molecule has 0 saturated heterocycles. The van der Waals surface area contributed by atoms with Crippen LogP contribution in [0.25, 0.3) is 16.9 Å². The van der Waals surface area contributed by atoms with Gasteiger partial charge >= 0.3 is 0 Å². The maximum atomic E-state index is 9.53. The minimum Gasteiger partial charge on any atom is -0.454 e. The van der Waals surface area contributed by atoms with Gasteiger partial charge in [-0.15, -0.1) is 5.10 Å². The normalized spacial score (nSPS) is 12.6. The van der Waals surface area contributed by atoms with E-state index in [9.17, 15) is 5.11 Å². The lowest BCUT2D eigenvalue weighted by Gasteiger charge is -2.08. The lowest BCUT2D eigenvalue weighted by atomic mass is 10.1. The molecule has 110 valence electrons. The van der Waals surface area contributed by atoms with Crippen molar-refractivity contribution in [3.05, 3.63) is 54.2 Å². The Morgan fingerprint density at radius 1 is 1.05 bits per heavy atom. The van der Waals surface area contributed by atoms with E-state index >= 15 is 0 Å². The Hall–Kier alpha value is -2.86. The molecule has 1 N–H and O–H groups in total. The predicted molar refractivity (Wildman–Crippen MR) is 78.8 cm³/mol. The number of nitrogens with zero attached hydrogens (tertiary/aromatic N) is 3. The number of aliphatic hydroxyl groups is 1. The Morgan fingerprint density at radius 3 is 2.68 bits per heavy atom. The first-order valence-electron chi connectivity index (χ1n) is 6.87. The Kier molecular flexibility index (Phi) is 3.01. The average molecular weight is 295 g/mol. The van der Waals surface area contributed by atoms with Gasteiger partial charge in [-0.2, -0.15) is 0 Å². The van der Waals surface area contributed by atoms with Crippen molar-refractivity contribution in [2.45, 2.75) is 6.61 Å². The van der Waals surface area contributed by atoms with Gasteiger partial charge in [-0.1, -0.05) is 35.5 Å². The van der Waals surface area contributed by atoms with E-state index in [1.165, 1.54) is 0 Å². The number of hydrogen-bond acceptors (Lipinski definition) is 5. The number of hydrogen-bond donors (Lipinski definition) is 1. The molecule has 2 aromatic carbocycles. The molecule has 0 amide bonds. The van der Waals surface area contributed by atoms with Gasteiger partial charge in [0.15, 0.2) is 11.5 Å². The summed E-state index contributed by atoms with van der Waals surface area (Å²) in [6, 6.07) is 15.3. The standard InChI is InChI=1S/C16H13N3O3/c20-9-13-16(11-4-2-1-3-5-11)19(18-17-13)12-6-7-14-15(8-12)22-10-21-14/h1-8,20H,9-10H2. The number of aliphatic hydroxyl groups excluding tert-OH is 1. The fourth-order valence-electron chi connectivity index (χ4n) is 2.50. The maximum absolute atomic E-state index is 9.53. The summed E-state index contributed by atoms with van der Waals surface area (Å²) in [7, 11) is 0. The molecule has 4 rings (SSSR count). The highest BCUT2D eigenvalue weighted by atomic mass is 16.7. The molecule has 6 nitrogen and oxygen atoms in total. The average Bonchev–Trinajstić information content (AvgIpc) is 3.21. The molecule has 0 fully saturated rings. The summed E-state index contributed by atoms with van der Waals surface area (Å²) in [5.74, 6) is 1.39. The molecule has 1 aliphatic heterocycles. The van der Waals surface area contributed by atoms with Gasteiger partial charge in [-0.25, -0.2) is 4.68 Å². The molecule has 1 aromatic heterocycles. The maximum Gasteiger partial charge on any atom is 0.231 e. The van der Waals surface area contributed by atoms with E-state index in [2.05, 4.69) is 10.3 Å². The SMILES string of the molecule is OCc1nnn(-c2ccc3c(c2)OCO3)c1-c1ccccc1. The van der Waals surface area contributed by atoms with Gasteiger partial charge in [0.25, 0.3) is 0 Å². The predicted octanol–water partition coefficient (Wildman–Crippen LogP) is 2.16. The summed E-state index contributed by atoms with van der Waals surface area (Å²) in [5, 5.41) is 17.8. The zero-order chi connectivity index (χ0) is 14.9. The van der Waals surface area contributed by atoms with Gasteiger partial charge < -0.3 is 14.6 Å². The molecular weight excluding hydrogens is 282 g/mol. The van der Waals surface area contributed by atoms with E-state index in [0.29, 0.717) is 17.2 Å². The van der Waals surface area contributed by atoms with Crippen LogP contribution in [0.15, 0.2) is 48.5 Å². The van der Waals surface area contributed by atoms with E-state index in [1.807, 2.05) is 48.5 Å². The summed E-state index contributed by atoms with van der Waals surface area (Å²) < 4.78 is 12.4. The Morgan fingerprint density at radius 2 is 1.86 bits per heavy atom. The van der Waals surface area contributed by atoms with Gasteiger partial charge in [-0.05, 0) is 12.1 Å². The molecule has 0 atom stereocenters. The quantitative estimate of drug-likeness (QED) is 0.802. The summed E-state index contributed by atoms with van der Waals surface area (Å²) in [5.41, 5.74) is 3.04. The van der Waals surface area contributed by atoms with Crippen LogP contribution in [-0.2, 0) is 6.61 Å². The van der Waals surface area contributed by atoms with Crippen LogP contribution >= 0.6 is 0 Å². The Balaban J connectivity index is 1.87. The summed E-state index contributed by atoms with van der Waals surface area (Å²) in [6.45, 7) is 0.0539. The van der Waals surface area contributed by atoms with Gasteiger partial charge in [0.2, 0.25) is 6.79 Å². The monoisotopic (exact) mass is 295 g/mol. The number of ether oxygens (including phenoxy) is 2. The molecule has 2 heterocycles. The van der Waals surface area contributed by atoms with Crippen LogP contribution in [0.3, 0.4) is 0 Å². The third-order valence-corrected chi connectivity index (χ3v) is 3.54. The molecule has 0 radical (unpaired) electrons. The number of benzene rings is 2. The third kappa shape index (κ3) is 2.01. The number of fused-ring (bicyclic) bond motifs is 1. The second-order valence-corrected chi connectivity index (χ2v) is 4.86. The Labute approximate surface area is 126 Å². The zero-order valence-corrected chi connectivity index (χ0v) is 11.6. The van der Waals surface area contributed by atoms with Crippen molar-refractivity contribution in [2.24, 2.45) is 0 Å². The van der Waals surface area contributed by atoms with Crippen LogP contribution in [0.1, 0.15) is 5.69 Å². The van der Waals surface area contributed by atoms with Gasteiger partial charge in [0, 0.05) is 11.6 Å². The molecule has 0 bridgehead atoms. The van der Waals surface area contributed by atoms with E-state index in [1.54, 1.807) is 4.68 Å². The van der Waals surface area contributed by atoms with Crippen molar-refractivity contribution in [1.82, 2.24) is 15.0 Å². The second-order valence-electron chi connectivity index (χ2n) is 4.86. The zero-order valence-electron chi connectivity index (χ0n) is 11.6. The van der Waals surface area contributed by atoms with Crippen molar-refractivity contribution < 1.29 is 14.6 Å². The first-order chi connectivity index (χ1) is 10.9. The summed E-state index contributed by atoms with van der Waals surface area (Å²) in [4.78, 5) is 0. The van der Waals surface area contributed by atoms with Crippen LogP contribution in [0, 0.1) is 0 Å². The van der Waals surface area contributed by atoms with E-state index < -0.39 is 0 Å². The highest BCUT2D eigenvalue weighted by molar-refractivity contribution is 5.65. The van der Waals surface area contributed by atoms with Crippen LogP contribution in [0.5, 0.6) is 11.5 Å². The van der Waals surface area contributed by atoms with Crippen LogP contribution in [0.4, 0.5) is 0 Å². The van der Waals surface area contributed by atoms with Crippen LogP contribution in [0.2, 0.25) is 0 Å². The highest BCUT2D eigenvalue weighted by Crippen LogP contribution is 2.35. The molecule has 6 heteroatoms. The summed E-state index contributed by atoms with van der Waals surface area (Å²) >= 11 is 0. The summed E-state index contributed by atoms with van der Waals surface area (Å²) in [6.07, 6.45) is 0. The van der Waals surface area contributed by atoms with Crippen molar-refractivity contribution in [1.29, 1.82) is 0 Å². The highest BCUT2D eigenvalue weighted by Gasteiger charge is 2.19. The molecule has 0 saturated carbocycles.